The van der Waals surface area contributed by atoms with Crippen molar-refractivity contribution in [3.63, 3.8) is 0 Å². The lowest BCUT2D eigenvalue weighted by Gasteiger charge is -2.39. The van der Waals surface area contributed by atoms with Crippen molar-refractivity contribution >= 4 is 49.9 Å². The van der Waals surface area contributed by atoms with Crippen LogP contribution in [0.3, 0.4) is 0 Å². The van der Waals surface area contributed by atoms with E-state index in [9.17, 15) is 18.0 Å². The number of hydrogen-bond acceptors (Lipinski definition) is 6. The van der Waals surface area contributed by atoms with Crippen molar-refractivity contribution in [2.24, 2.45) is 5.92 Å². The SMILES string of the molecule is Cc1cc(S(=O)(=O)N2CCN(C(CC3CCCCC3)C(=O)Nc3nccs3)C(=O)C2)c(C)cc1Cl. The smallest absolute Gasteiger partial charge is 0.248 e. The first-order chi connectivity index (χ1) is 16.7. The maximum Gasteiger partial charge on any atom is 0.248 e. The summed E-state index contributed by atoms with van der Waals surface area (Å²) in [6.45, 7) is 3.43. The number of amides is 2. The van der Waals surface area contributed by atoms with Crippen LogP contribution < -0.4 is 5.32 Å². The molecule has 1 aliphatic heterocycles. The molecule has 8 nitrogen and oxygen atoms in total. The van der Waals surface area contributed by atoms with Crippen LogP contribution in [0, 0.1) is 19.8 Å². The Balaban J connectivity index is 1.53. The van der Waals surface area contributed by atoms with Gasteiger partial charge in [0.2, 0.25) is 21.8 Å². The van der Waals surface area contributed by atoms with Crippen LogP contribution in [-0.2, 0) is 19.6 Å². The first kappa shape index (κ1) is 26.1. The lowest BCUT2D eigenvalue weighted by molar-refractivity contribution is -0.142. The van der Waals surface area contributed by atoms with Crippen LogP contribution in [-0.4, -0.2) is 60.1 Å². The summed E-state index contributed by atoms with van der Waals surface area (Å²) in [5.74, 6) is -0.261. The number of aryl methyl sites for hydroxylation is 2. The average Bonchev–Trinajstić information content (AvgIpc) is 3.33. The minimum absolute atomic E-state index is 0.126. The van der Waals surface area contributed by atoms with Crippen molar-refractivity contribution in [1.29, 1.82) is 0 Å². The molecule has 1 saturated carbocycles. The van der Waals surface area contributed by atoms with E-state index in [-0.39, 0.29) is 36.3 Å². The molecule has 1 aromatic heterocycles. The Morgan fingerprint density at radius 2 is 1.94 bits per heavy atom. The number of carbonyl (C=O) groups is 2. The minimum atomic E-state index is -3.88. The molecule has 1 aromatic carbocycles. The van der Waals surface area contributed by atoms with E-state index in [1.807, 2.05) is 0 Å². The van der Waals surface area contributed by atoms with Crippen LogP contribution in [0.15, 0.2) is 28.6 Å². The van der Waals surface area contributed by atoms with E-state index in [0.29, 0.717) is 33.6 Å². The molecule has 1 unspecified atom stereocenters. The maximum atomic E-state index is 13.4. The lowest BCUT2D eigenvalue weighted by atomic mass is 9.84. The first-order valence-electron chi connectivity index (χ1n) is 11.9. The van der Waals surface area contributed by atoms with E-state index in [1.54, 1.807) is 42.5 Å². The maximum absolute atomic E-state index is 13.4. The average molecular weight is 539 g/mol. The van der Waals surface area contributed by atoms with Crippen molar-refractivity contribution < 1.29 is 18.0 Å². The highest BCUT2D eigenvalue weighted by molar-refractivity contribution is 7.89. The molecule has 11 heteroatoms. The van der Waals surface area contributed by atoms with Crippen molar-refractivity contribution in [1.82, 2.24) is 14.2 Å². The Morgan fingerprint density at radius 3 is 2.60 bits per heavy atom. The number of carbonyl (C=O) groups excluding carboxylic acids is 2. The number of rotatable bonds is 7. The Hall–Kier alpha value is -2.01. The fourth-order valence-corrected chi connectivity index (χ4v) is 7.38. The minimum Gasteiger partial charge on any atom is -0.328 e. The first-order valence-corrected chi connectivity index (χ1v) is 14.6. The second kappa shape index (κ2) is 10.9. The number of halogens is 1. The van der Waals surface area contributed by atoms with Gasteiger partial charge in [-0.15, -0.1) is 11.3 Å². The highest BCUT2D eigenvalue weighted by Gasteiger charge is 2.39. The topological polar surface area (TPSA) is 99.7 Å². The van der Waals surface area contributed by atoms with Crippen molar-refractivity contribution in [3.8, 4) is 0 Å². The van der Waals surface area contributed by atoms with Crippen LogP contribution in [0.2, 0.25) is 5.02 Å². The van der Waals surface area contributed by atoms with Crippen LogP contribution >= 0.6 is 22.9 Å². The number of nitrogens with one attached hydrogen (secondary N) is 1. The molecular formula is C24H31ClN4O4S2. The number of aromatic nitrogens is 1. The summed E-state index contributed by atoms with van der Waals surface area (Å²) in [5.41, 5.74) is 1.20. The van der Waals surface area contributed by atoms with E-state index < -0.39 is 16.1 Å². The zero-order valence-corrected chi connectivity index (χ0v) is 22.4. The van der Waals surface area contributed by atoms with Gasteiger partial charge in [0.15, 0.2) is 5.13 Å². The summed E-state index contributed by atoms with van der Waals surface area (Å²) in [7, 11) is -3.88. The summed E-state index contributed by atoms with van der Waals surface area (Å²) in [4.78, 5) is 32.4. The fraction of sp³-hybridized carbons (Fsp3) is 0.542. The summed E-state index contributed by atoms with van der Waals surface area (Å²) in [6.07, 6.45) is 7.73. The van der Waals surface area contributed by atoms with Gasteiger partial charge in [0.05, 0.1) is 11.4 Å². The number of piperazine rings is 1. The molecule has 1 aliphatic carbocycles. The van der Waals surface area contributed by atoms with E-state index in [0.717, 1.165) is 25.7 Å². The van der Waals surface area contributed by atoms with Gasteiger partial charge >= 0.3 is 0 Å². The zero-order chi connectivity index (χ0) is 25.2. The summed E-state index contributed by atoms with van der Waals surface area (Å²) in [5, 5.41) is 5.62. The van der Waals surface area contributed by atoms with E-state index in [2.05, 4.69) is 10.3 Å². The van der Waals surface area contributed by atoms with Crippen LogP contribution in [0.1, 0.15) is 49.7 Å². The molecule has 2 aliphatic rings. The van der Waals surface area contributed by atoms with E-state index in [4.69, 9.17) is 11.6 Å². The Kier molecular flexibility index (Phi) is 8.15. The van der Waals surface area contributed by atoms with Crippen LogP contribution in [0.5, 0.6) is 0 Å². The largest absolute Gasteiger partial charge is 0.328 e. The van der Waals surface area contributed by atoms with Gasteiger partial charge in [-0.05, 0) is 49.4 Å². The molecule has 2 aromatic rings. The molecular weight excluding hydrogens is 508 g/mol. The quantitative estimate of drug-likeness (QED) is 0.569. The Morgan fingerprint density at radius 1 is 1.20 bits per heavy atom. The molecule has 1 saturated heterocycles. The Labute approximate surface area is 215 Å². The highest BCUT2D eigenvalue weighted by Crippen LogP contribution is 2.31. The lowest BCUT2D eigenvalue weighted by Crippen LogP contribution is -2.58. The number of sulfonamides is 1. The molecule has 1 atom stereocenters. The summed E-state index contributed by atoms with van der Waals surface area (Å²) < 4.78 is 28.0. The van der Waals surface area contributed by atoms with Gasteiger partial charge < -0.3 is 10.2 Å². The fourth-order valence-electron chi connectivity index (χ4n) is 4.96. The van der Waals surface area contributed by atoms with E-state index in [1.165, 1.54) is 22.1 Å². The molecule has 0 radical (unpaired) electrons. The third-order valence-corrected chi connectivity index (χ3v) is 10.0. The number of thiazole rings is 1. The van der Waals surface area contributed by atoms with Gasteiger partial charge in [-0.25, -0.2) is 13.4 Å². The Bertz CT molecular complexity index is 1180. The third kappa shape index (κ3) is 5.87. The van der Waals surface area contributed by atoms with Gasteiger partial charge in [0.1, 0.15) is 6.04 Å². The normalized spacial score (nSPS) is 19.1. The predicted octanol–water partition coefficient (Wildman–Crippen LogP) is 4.22. The van der Waals surface area contributed by atoms with Crippen LogP contribution in [0.4, 0.5) is 5.13 Å². The van der Waals surface area contributed by atoms with Gasteiger partial charge in [0.25, 0.3) is 0 Å². The summed E-state index contributed by atoms with van der Waals surface area (Å²) >= 11 is 7.47. The monoisotopic (exact) mass is 538 g/mol. The summed E-state index contributed by atoms with van der Waals surface area (Å²) in [6, 6.07) is 2.53. The number of hydrogen-bond donors (Lipinski definition) is 1. The molecule has 35 heavy (non-hydrogen) atoms. The van der Waals surface area contributed by atoms with E-state index >= 15 is 0 Å². The standard InChI is InChI=1S/C24H31ClN4O4S2/c1-16-13-21(17(2)12-19(16)25)35(32,33)28-9-10-29(22(30)15-28)20(14-18-6-4-3-5-7-18)23(31)27-24-26-8-11-34-24/h8,11-13,18,20H,3-7,9-10,14-15H2,1-2H3,(H,26,27,31). The molecule has 4 rings (SSSR count). The molecule has 2 amide bonds. The van der Waals surface area contributed by atoms with Gasteiger partial charge in [-0.1, -0.05) is 43.7 Å². The molecule has 2 heterocycles. The number of nitrogens with zero attached hydrogens (tertiary/aromatic N) is 3. The van der Waals surface area contributed by atoms with Crippen molar-refractivity contribution in [2.45, 2.75) is 63.3 Å². The highest BCUT2D eigenvalue weighted by atomic mass is 35.5. The van der Waals surface area contributed by atoms with Crippen molar-refractivity contribution in [3.05, 3.63) is 39.9 Å². The second-order valence-electron chi connectivity index (χ2n) is 9.37. The number of anilines is 1. The molecule has 0 spiro atoms. The predicted molar refractivity (Wildman–Crippen MR) is 137 cm³/mol. The third-order valence-electron chi connectivity index (χ3n) is 6.92. The number of benzene rings is 1. The molecule has 0 bridgehead atoms. The molecule has 1 N–H and O–H groups in total. The molecule has 190 valence electrons. The van der Waals surface area contributed by atoms with Gasteiger partial charge in [0, 0.05) is 29.7 Å². The zero-order valence-electron chi connectivity index (χ0n) is 20.0. The molecule has 2 fully saturated rings. The van der Waals surface area contributed by atoms with Crippen molar-refractivity contribution in [2.75, 3.05) is 25.0 Å². The van der Waals surface area contributed by atoms with Crippen LogP contribution in [0.25, 0.3) is 0 Å². The van der Waals surface area contributed by atoms with Gasteiger partial charge in [-0.3, -0.25) is 9.59 Å². The second-order valence-corrected chi connectivity index (χ2v) is 12.6. The van der Waals surface area contributed by atoms with Gasteiger partial charge in [-0.2, -0.15) is 4.31 Å².